The molecule has 0 atom stereocenters. The van der Waals surface area contributed by atoms with Crippen LogP contribution in [0.4, 0.5) is 5.69 Å². The second-order valence-electron chi connectivity index (χ2n) is 5.96. The highest BCUT2D eigenvalue weighted by Crippen LogP contribution is 2.26. The van der Waals surface area contributed by atoms with E-state index in [9.17, 15) is 18.5 Å². The number of methoxy groups -OCH3 is 1. The number of hydrogen-bond acceptors (Lipinski definition) is 6. The molecule has 0 fully saturated rings. The van der Waals surface area contributed by atoms with Crippen LogP contribution < -0.4 is 9.57 Å². The van der Waals surface area contributed by atoms with E-state index in [1.54, 1.807) is 6.07 Å². The molecule has 0 saturated heterocycles. The molecular weight excluding hydrogens is 382 g/mol. The van der Waals surface area contributed by atoms with Crippen molar-refractivity contribution < 1.29 is 18.1 Å². The van der Waals surface area contributed by atoms with Gasteiger partial charge in [-0.2, -0.15) is 13.5 Å². The van der Waals surface area contributed by atoms with Gasteiger partial charge in [-0.15, -0.1) is 0 Å². The number of hydrogen-bond donors (Lipinski definition) is 1. The van der Waals surface area contributed by atoms with Crippen molar-refractivity contribution in [3.63, 3.8) is 0 Å². The summed E-state index contributed by atoms with van der Waals surface area (Å²) in [4.78, 5) is 12.3. The average molecular weight is 399 g/mol. The number of nitrogens with one attached hydrogen (secondary N) is 1. The summed E-state index contributed by atoms with van der Waals surface area (Å²) >= 11 is 0. The lowest BCUT2D eigenvalue weighted by Crippen LogP contribution is -2.18. The normalized spacial score (nSPS) is 11.6. The van der Waals surface area contributed by atoms with Crippen LogP contribution in [0.5, 0.6) is 5.75 Å². The predicted octanol–water partition coefficient (Wildman–Crippen LogP) is 3.38. The molecule has 0 aliphatic heterocycles. The first-order valence-corrected chi connectivity index (χ1v) is 9.67. The Morgan fingerprint density at radius 3 is 2.61 bits per heavy atom. The van der Waals surface area contributed by atoms with Gasteiger partial charge in [0.25, 0.3) is 15.7 Å². The van der Waals surface area contributed by atoms with Crippen molar-refractivity contribution >= 4 is 32.7 Å². The molecule has 0 heterocycles. The third kappa shape index (κ3) is 3.79. The molecule has 0 aromatic heterocycles. The van der Waals surface area contributed by atoms with E-state index in [4.69, 9.17) is 4.74 Å². The largest absolute Gasteiger partial charge is 0.496 e. The minimum Gasteiger partial charge on any atom is -0.496 e. The lowest BCUT2D eigenvalue weighted by molar-refractivity contribution is -0.385. The van der Waals surface area contributed by atoms with Gasteiger partial charge in [0.05, 0.1) is 23.1 Å². The molecule has 8 nitrogen and oxygen atoms in total. The Bertz CT molecular complexity index is 1190. The van der Waals surface area contributed by atoms with Gasteiger partial charge < -0.3 is 4.74 Å². The van der Waals surface area contributed by atoms with Crippen molar-refractivity contribution in [2.24, 2.45) is 5.10 Å². The number of aryl methyl sites for hydroxylation is 1. The van der Waals surface area contributed by atoms with E-state index in [-0.39, 0.29) is 10.6 Å². The molecule has 0 spiro atoms. The van der Waals surface area contributed by atoms with Crippen molar-refractivity contribution in [3.8, 4) is 5.75 Å². The molecule has 1 N–H and O–H groups in total. The zero-order chi connectivity index (χ0) is 20.3. The Labute approximate surface area is 161 Å². The summed E-state index contributed by atoms with van der Waals surface area (Å²) in [6.07, 6.45) is 1.35. The van der Waals surface area contributed by atoms with E-state index in [2.05, 4.69) is 9.93 Å². The van der Waals surface area contributed by atoms with Gasteiger partial charge in [0.15, 0.2) is 0 Å². The average Bonchev–Trinajstić information content (AvgIpc) is 2.67. The van der Waals surface area contributed by atoms with Crippen molar-refractivity contribution in [1.82, 2.24) is 4.83 Å². The Hall–Kier alpha value is -3.46. The maximum atomic E-state index is 12.4. The number of ether oxygens (including phenoxy) is 1. The molecule has 0 aliphatic rings. The van der Waals surface area contributed by atoms with E-state index in [1.165, 1.54) is 32.4 Å². The van der Waals surface area contributed by atoms with Crippen LogP contribution in [0.25, 0.3) is 10.8 Å². The summed E-state index contributed by atoms with van der Waals surface area (Å²) in [5.41, 5.74) is 0.703. The minimum absolute atomic E-state index is 0.244. The van der Waals surface area contributed by atoms with Crippen LogP contribution in [0.1, 0.15) is 11.1 Å². The molecule has 3 aromatic carbocycles. The molecular formula is C19H17N3O5S. The number of hydrazone groups is 1. The predicted molar refractivity (Wildman–Crippen MR) is 106 cm³/mol. The maximum Gasteiger partial charge on any atom is 0.276 e. The van der Waals surface area contributed by atoms with Crippen molar-refractivity contribution in [1.29, 1.82) is 0 Å². The van der Waals surface area contributed by atoms with Gasteiger partial charge in [0, 0.05) is 17.2 Å². The van der Waals surface area contributed by atoms with Gasteiger partial charge in [0.2, 0.25) is 0 Å². The first kappa shape index (κ1) is 19.3. The summed E-state index contributed by atoms with van der Waals surface area (Å²) in [6, 6.07) is 14.9. The second-order valence-corrected chi connectivity index (χ2v) is 7.62. The number of fused-ring (bicyclic) bond motifs is 1. The first-order chi connectivity index (χ1) is 13.3. The van der Waals surface area contributed by atoms with Gasteiger partial charge in [-0.25, -0.2) is 4.83 Å². The van der Waals surface area contributed by atoms with Crippen LogP contribution in [0, 0.1) is 17.0 Å². The SMILES string of the molecule is COc1ccc2ccccc2c1/C=N/NS(=O)(=O)c1ccc(C)c([N+](=O)[O-])c1. The van der Waals surface area contributed by atoms with Gasteiger partial charge in [-0.05, 0) is 29.8 Å². The molecule has 0 radical (unpaired) electrons. The summed E-state index contributed by atoms with van der Waals surface area (Å²) in [6.45, 7) is 1.53. The lowest BCUT2D eigenvalue weighted by atomic mass is 10.0. The van der Waals surface area contributed by atoms with Gasteiger partial charge >= 0.3 is 0 Å². The fourth-order valence-corrected chi connectivity index (χ4v) is 3.56. The standard InChI is InChI=1S/C19H17N3O5S/c1-13-7-9-15(11-18(13)22(23)24)28(25,26)21-20-12-17-16-6-4-3-5-14(16)8-10-19(17)27-2/h3-12,21H,1-2H3/b20-12+. The zero-order valence-corrected chi connectivity index (χ0v) is 15.9. The monoisotopic (exact) mass is 399 g/mol. The van der Waals surface area contributed by atoms with Crippen molar-refractivity contribution in [2.75, 3.05) is 7.11 Å². The highest BCUT2D eigenvalue weighted by molar-refractivity contribution is 7.89. The summed E-state index contributed by atoms with van der Waals surface area (Å²) in [5.74, 6) is 0.535. The number of benzene rings is 3. The first-order valence-electron chi connectivity index (χ1n) is 8.19. The van der Waals surface area contributed by atoms with Gasteiger partial charge in [-0.1, -0.05) is 36.4 Å². The quantitative estimate of drug-likeness (QED) is 0.388. The van der Waals surface area contributed by atoms with E-state index in [0.717, 1.165) is 16.8 Å². The number of nitrogens with zero attached hydrogens (tertiary/aromatic N) is 2. The topological polar surface area (TPSA) is 111 Å². The molecule has 0 amide bonds. The Balaban J connectivity index is 1.94. The molecule has 144 valence electrons. The van der Waals surface area contributed by atoms with Crippen molar-refractivity contribution in [3.05, 3.63) is 75.8 Å². The Kier molecular flexibility index (Phi) is 5.27. The molecule has 0 unspecified atom stereocenters. The van der Waals surface area contributed by atoms with Crippen LogP contribution in [0.15, 0.2) is 64.6 Å². The van der Waals surface area contributed by atoms with Crippen LogP contribution >= 0.6 is 0 Å². The highest BCUT2D eigenvalue weighted by Gasteiger charge is 2.19. The third-order valence-corrected chi connectivity index (χ3v) is 5.43. The van der Waals surface area contributed by atoms with Gasteiger partial charge in [0.1, 0.15) is 5.75 Å². The second kappa shape index (κ2) is 7.65. The number of rotatable bonds is 6. The molecule has 3 aromatic rings. The van der Waals surface area contributed by atoms with Crippen molar-refractivity contribution in [2.45, 2.75) is 11.8 Å². The maximum absolute atomic E-state index is 12.4. The number of sulfonamides is 1. The number of nitro benzene ring substituents is 1. The molecule has 0 saturated carbocycles. The zero-order valence-electron chi connectivity index (χ0n) is 15.1. The lowest BCUT2D eigenvalue weighted by Gasteiger charge is -2.09. The van der Waals surface area contributed by atoms with Gasteiger partial charge in [-0.3, -0.25) is 10.1 Å². The molecule has 0 aliphatic carbocycles. The molecule has 28 heavy (non-hydrogen) atoms. The number of nitro groups is 1. The van der Waals surface area contributed by atoms with Crippen LogP contribution in [0.3, 0.4) is 0 Å². The Morgan fingerprint density at radius 1 is 1.14 bits per heavy atom. The van der Waals surface area contributed by atoms with E-state index < -0.39 is 14.9 Å². The van der Waals surface area contributed by atoms with E-state index in [0.29, 0.717) is 16.9 Å². The van der Waals surface area contributed by atoms with E-state index in [1.807, 2.05) is 30.3 Å². The summed E-state index contributed by atoms with van der Waals surface area (Å²) in [5, 5.41) is 16.7. The summed E-state index contributed by atoms with van der Waals surface area (Å²) < 4.78 is 30.2. The molecule has 0 bridgehead atoms. The molecule has 3 rings (SSSR count). The smallest absolute Gasteiger partial charge is 0.276 e. The minimum atomic E-state index is -4.07. The highest BCUT2D eigenvalue weighted by atomic mass is 32.2. The van der Waals surface area contributed by atoms with Crippen LogP contribution in [-0.2, 0) is 10.0 Å². The van der Waals surface area contributed by atoms with E-state index >= 15 is 0 Å². The molecule has 9 heteroatoms. The summed E-state index contributed by atoms with van der Waals surface area (Å²) in [7, 11) is -2.56. The van der Waals surface area contributed by atoms with Crippen LogP contribution in [-0.4, -0.2) is 26.7 Å². The fraction of sp³-hybridized carbons (Fsp3) is 0.105. The van der Waals surface area contributed by atoms with Crippen LogP contribution in [0.2, 0.25) is 0 Å². The third-order valence-electron chi connectivity index (χ3n) is 4.20. The fourth-order valence-electron chi connectivity index (χ4n) is 2.75. The Morgan fingerprint density at radius 2 is 1.89 bits per heavy atom.